The summed E-state index contributed by atoms with van der Waals surface area (Å²) in [5.41, 5.74) is 3.23. The number of nitrogens with one attached hydrogen (secondary N) is 1. The van der Waals surface area contributed by atoms with Crippen LogP contribution in [0, 0.1) is 19.7 Å². The maximum Gasteiger partial charge on any atom is 0.282 e. The van der Waals surface area contributed by atoms with Gasteiger partial charge in [0.15, 0.2) is 0 Å². The van der Waals surface area contributed by atoms with Crippen molar-refractivity contribution in [2.75, 3.05) is 17.3 Å². The van der Waals surface area contributed by atoms with Crippen molar-refractivity contribution in [2.24, 2.45) is 0 Å². The molecule has 0 saturated carbocycles. The van der Waals surface area contributed by atoms with Crippen LogP contribution in [0.3, 0.4) is 0 Å². The van der Waals surface area contributed by atoms with Crippen molar-refractivity contribution < 1.29 is 18.7 Å². The number of rotatable bonds is 5. The number of hydrogen-bond acceptors (Lipinski definition) is 4. The number of hydrogen-bond donors (Lipinski definition) is 1. The Morgan fingerprint density at radius 2 is 1.55 bits per heavy atom. The first kappa shape index (κ1) is 20.3. The lowest BCUT2D eigenvalue weighted by atomic mass is 10.0. The SMILES string of the molecule is COc1ccc(C)cc1NC1=C(c2ccc(C)cc2)C(=O)N(c2ccccc2F)C1=O. The van der Waals surface area contributed by atoms with Gasteiger partial charge in [0.25, 0.3) is 11.8 Å². The lowest BCUT2D eigenvalue weighted by Crippen LogP contribution is -2.33. The summed E-state index contributed by atoms with van der Waals surface area (Å²) < 4.78 is 19.9. The number of para-hydroxylation sites is 1. The summed E-state index contributed by atoms with van der Waals surface area (Å²) in [5.74, 6) is -1.35. The maximum atomic E-state index is 14.5. The van der Waals surface area contributed by atoms with E-state index in [0.29, 0.717) is 17.0 Å². The molecule has 0 aromatic heterocycles. The second-order valence-corrected chi connectivity index (χ2v) is 7.34. The van der Waals surface area contributed by atoms with Crippen LogP contribution in [0.1, 0.15) is 16.7 Å². The molecule has 0 saturated heterocycles. The van der Waals surface area contributed by atoms with Crippen molar-refractivity contribution in [3.63, 3.8) is 0 Å². The van der Waals surface area contributed by atoms with Crippen LogP contribution in [0.5, 0.6) is 5.75 Å². The Morgan fingerprint density at radius 1 is 0.871 bits per heavy atom. The second kappa shape index (κ2) is 8.07. The first-order chi connectivity index (χ1) is 14.9. The van der Waals surface area contributed by atoms with E-state index in [0.717, 1.165) is 16.0 Å². The Bertz CT molecular complexity index is 1220. The van der Waals surface area contributed by atoms with Crippen molar-refractivity contribution >= 4 is 28.8 Å². The molecule has 0 unspecified atom stereocenters. The Balaban J connectivity index is 1.87. The van der Waals surface area contributed by atoms with Gasteiger partial charge in [-0.2, -0.15) is 0 Å². The number of benzene rings is 3. The third-order valence-corrected chi connectivity index (χ3v) is 5.13. The van der Waals surface area contributed by atoms with Crippen LogP contribution in [0.15, 0.2) is 72.4 Å². The van der Waals surface area contributed by atoms with E-state index in [1.807, 2.05) is 38.1 Å². The van der Waals surface area contributed by atoms with Gasteiger partial charge in [-0.25, -0.2) is 9.29 Å². The summed E-state index contributed by atoms with van der Waals surface area (Å²) in [5, 5.41) is 3.08. The van der Waals surface area contributed by atoms with Gasteiger partial charge < -0.3 is 10.1 Å². The molecule has 0 atom stereocenters. The molecule has 1 aliphatic rings. The van der Waals surface area contributed by atoms with Gasteiger partial charge in [-0.1, -0.05) is 48.0 Å². The van der Waals surface area contributed by atoms with E-state index >= 15 is 0 Å². The number of carbonyl (C=O) groups excluding carboxylic acids is 2. The van der Waals surface area contributed by atoms with Gasteiger partial charge in [0.1, 0.15) is 17.3 Å². The summed E-state index contributed by atoms with van der Waals surface area (Å²) in [6, 6.07) is 18.5. The van der Waals surface area contributed by atoms with E-state index in [-0.39, 0.29) is 17.0 Å². The number of anilines is 2. The zero-order valence-corrected chi connectivity index (χ0v) is 17.4. The number of amides is 2. The van der Waals surface area contributed by atoms with E-state index in [4.69, 9.17) is 4.74 Å². The molecule has 4 rings (SSSR count). The third kappa shape index (κ3) is 3.68. The molecular formula is C25H21FN2O3. The number of methoxy groups -OCH3 is 1. The highest BCUT2D eigenvalue weighted by Gasteiger charge is 2.41. The fraction of sp³-hybridized carbons (Fsp3) is 0.120. The number of carbonyl (C=O) groups is 2. The summed E-state index contributed by atoms with van der Waals surface area (Å²) in [7, 11) is 1.53. The molecule has 3 aromatic rings. The van der Waals surface area contributed by atoms with E-state index in [9.17, 15) is 14.0 Å². The number of aryl methyl sites for hydroxylation is 2. The van der Waals surface area contributed by atoms with Gasteiger partial charge in [-0.15, -0.1) is 0 Å². The maximum absolute atomic E-state index is 14.5. The molecule has 0 fully saturated rings. The van der Waals surface area contributed by atoms with Crippen molar-refractivity contribution in [1.29, 1.82) is 0 Å². The molecule has 5 nitrogen and oxygen atoms in total. The van der Waals surface area contributed by atoms with Gasteiger partial charge in [-0.3, -0.25) is 9.59 Å². The van der Waals surface area contributed by atoms with E-state index in [1.54, 1.807) is 24.3 Å². The predicted molar refractivity (Wildman–Crippen MR) is 118 cm³/mol. The molecule has 6 heteroatoms. The fourth-order valence-corrected chi connectivity index (χ4v) is 3.54. The normalized spacial score (nSPS) is 13.7. The van der Waals surface area contributed by atoms with Crippen LogP contribution in [0.2, 0.25) is 0 Å². The Morgan fingerprint density at radius 3 is 2.23 bits per heavy atom. The van der Waals surface area contributed by atoms with E-state index < -0.39 is 17.6 Å². The van der Waals surface area contributed by atoms with Crippen molar-refractivity contribution in [2.45, 2.75) is 13.8 Å². The highest BCUT2D eigenvalue weighted by molar-refractivity contribution is 6.46. The standard InChI is InChI=1S/C25H21FN2O3/c1-15-8-11-17(12-9-15)22-23(27-19-14-16(2)10-13-21(19)31-3)25(30)28(24(22)29)20-7-5-4-6-18(20)26/h4-14,27H,1-3H3. The van der Waals surface area contributed by atoms with Crippen molar-refractivity contribution in [3.8, 4) is 5.75 Å². The Labute approximate surface area is 179 Å². The van der Waals surface area contributed by atoms with Crippen LogP contribution in [0.4, 0.5) is 15.8 Å². The minimum atomic E-state index is -0.651. The van der Waals surface area contributed by atoms with Crippen LogP contribution in [0.25, 0.3) is 5.57 Å². The van der Waals surface area contributed by atoms with Gasteiger partial charge in [-0.05, 0) is 49.2 Å². The summed E-state index contributed by atoms with van der Waals surface area (Å²) >= 11 is 0. The van der Waals surface area contributed by atoms with Crippen LogP contribution in [-0.2, 0) is 9.59 Å². The molecule has 0 aliphatic carbocycles. The molecule has 1 heterocycles. The Kier molecular flexibility index (Phi) is 5.29. The van der Waals surface area contributed by atoms with Crippen LogP contribution >= 0.6 is 0 Å². The quantitative estimate of drug-likeness (QED) is 0.604. The molecular weight excluding hydrogens is 395 g/mol. The van der Waals surface area contributed by atoms with Crippen LogP contribution < -0.4 is 15.0 Å². The number of imide groups is 1. The molecule has 1 aliphatic heterocycles. The largest absolute Gasteiger partial charge is 0.495 e. The highest BCUT2D eigenvalue weighted by atomic mass is 19.1. The summed E-state index contributed by atoms with van der Waals surface area (Å²) in [6.45, 7) is 3.84. The predicted octanol–water partition coefficient (Wildman–Crippen LogP) is 4.85. The molecule has 0 spiro atoms. The molecule has 0 radical (unpaired) electrons. The van der Waals surface area contributed by atoms with Gasteiger partial charge in [0.05, 0.1) is 24.1 Å². The molecule has 31 heavy (non-hydrogen) atoms. The molecule has 156 valence electrons. The monoisotopic (exact) mass is 416 g/mol. The number of nitrogens with zero attached hydrogens (tertiary/aromatic N) is 1. The fourth-order valence-electron chi connectivity index (χ4n) is 3.54. The number of ether oxygens (including phenoxy) is 1. The first-order valence-electron chi connectivity index (χ1n) is 9.77. The second-order valence-electron chi connectivity index (χ2n) is 7.34. The van der Waals surface area contributed by atoms with E-state index in [2.05, 4.69) is 5.32 Å². The van der Waals surface area contributed by atoms with Crippen molar-refractivity contribution in [1.82, 2.24) is 0 Å². The minimum absolute atomic E-state index is 0.0704. The molecule has 0 bridgehead atoms. The van der Waals surface area contributed by atoms with Gasteiger partial charge in [0.2, 0.25) is 0 Å². The lowest BCUT2D eigenvalue weighted by Gasteiger charge is -2.16. The zero-order chi connectivity index (χ0) is 22.1. The summed E-state index contributed by atoms with van der Waals surface area (Å²) in [6.07, 6.45) is 0. The average molecular weight is 416 g/mol. The molecule has 2 amide bonds. The minimum Gasteiger partial charge on any atom is -0.495 e. The zero-order valence-electron chi connectivity index (χ0n) is 17.4. The Hall–Kier alpha value is -3.93. The topological polar surface area (TPSA) is 58.6 Å². The molecule has 1 N–H and O–H groups in total. The lowest BCUT2D eigenvalue weighted by molar-refractivity contribution is -0.120. The molecule has 3 aromatic carbocycles. The van der Waals surface area contributed by atoms with Crippen molar-refractivity contribution in [3.05, 3.63) is 94.9 Å². The van der Waals surface area contributed by atoms with E-state index in [1.165, 1.54) is 25.3 Å². The first-order valence-corrected chi connectivity index (χ1v) is 9.77. The highest BCUT2D eigenvalue weighted by Crippen LogP contribution is 2.36. The number of halogens is 1. The average Bonchev–Trinajstić information content (AvgIpc) is 2.99. The summed E-state index contributed by atoms with van der Waals surface area (Å²) in [4.78, 5) is 27.6. The van der Waals surface area contributed by atoms with Gasteiger partial charge >= 0.3 is 0 Å². The smallest absolute Gasteiger partial charge is 0.282 e. The van der Waals surface area contributed by atoms with Gasteiger partial charge in [0, 0.05) is 0 Å². The van der Waals surface area contributed by atoms with Crippen LogP contribution in [-0.4, -0.2) is 18.9 Å². The third-order valence-electron chi connectivity index (χ3n) is 5.13.